The zero-order valence-corrected chi connectivity index (χ0v) is 8.07. The highest BCUT2D eigenvalue weighted by molar-refractivity contribution is 5.73. The van der Waals surface area contributed by atoms with E-state index < -0.39 is 5.97 Å². The van der Waals surface area contributed by atoms with Crippen LogP contribution in [0.5, 0.6) is 0 Å². The molecule has 0 spiro atoms. The molecule has 1 saturated heterocycles. The highest BCUT2D eigenvalue weighted by Gasteiger charge is 2.47. The third kappa shape index (κ3) is 1.85. The van der Waals surface area contributed by atoms with Crippen LogP contribution in [0, 0.1) is 17.8 Å². The van der Waals surface area contributed by atoms with Gasteiger partial charge in [0.2, 0.25) is 0 Å². The monoisotopic (exact) mass is 183 g/mol. The summed E-state index contributed by atoms with van der Waals surface area (Å²) in [6, 6.07) is 0. The van der Waals surface area contributed by atoms with E-state index in [1.54, 1.807) is 0 Å². The summed E-state index contributed by atoms with van der Waals surface area (Å²) >= 11 is 0. The van der Waals surface area contributed by atoms with Crippen LogP contribution < -0.4 is 0 Å². The summed E-state index contributed by atoms with van der Waals surface area (Å²) in [6.07, 6.45) is 3.33. The molecule has 1 heterocycles. The number of rotatable bonds is 2. The Labute approximate surface area is 78.7 Å². The van der Waals surface area contributed by atoms with Crippen molar-refractivity contribution in [3.05, 3.63) is 0 Å². The quantitative estimate of drug-likeness (QED) is 0.695. The Balaban J connectivity index is 1.81. The Hall–Kier alpha value is -0.570. The van der Waals surface area contributed by atoms with E-state index in [1.165, 1.54) is 12.8 Å². The first-order valence-corrected chi connectivity index (χ1v) is 5.10. The van der Waals surface area contributed by atoms with Gasteiger partial charge in [0, 0.05) is 0 Å². The van der Waals surface area contributed by atoms with Gasteiger partial charge in [0.25, 0.3) is 0 Å². The maximum absolute atomic E-state index is 10.7. The number of hydrogen-bond donors (Lipinski definition) is 1. The summed E-state index contributed by atoms with van der Waals surface area (Å²) in [5, 5.41) is 8.80. The Morgan fingerprint density at radius 3 is 2.46 bits per heavy atom. The van der Waals surface area contributed by atoms with Crippen LogP contribution in [0.15, 0.2) is 0 Å². The zero-order chi connectivity index (χ0) is 9.42. The van der Waals surface area contributed by atoms with Gasteiger partial charge >= 0.3 is 5.97 Å². The fourth-order valence-electron chi connectivity index (χ4n) is 2.48. The standard InChI is InChI=1S/C10H17NO2/c1-11-4-2-7(3-5-11)8-6-9(8)10(12)13/h7-9H,2-6H2,1H3,(H,12,13)/t8-,9+/m1/s1. The summed E-state index contributed by atoms with van der Waals surface area (Å²) in [4.78, 5) is 13.0. The molecule has 1 saturated carbocycles. The topological polar surface area (TPSA) is 40.5 Å². The minimum absolute atomic E-state index is 0.00611. The van der Waals surface area contributed by atoms with Gasteiger partial charge in [-0.1, -0.05) is 0 Å². The molecule has 1 aliphatic carbocycles. The molecule has 0 aromatic carbocycles. The van der Waals surface area contributed by atoms with Gasteiger partial charge < -0.3 is 10.0 Å². The number of aliphatic carboxylic acids is 1. The largest absolute Gasteiger partial charge is 0.481 e. The van der Waals surface area contributed by atoms with Gasteiger partial charge in [0.05, 0.1) is 5.92 Å². The van der Waals surface area contributed by atoms with E-state index in [0.29, 0.717) is 11.8 Å². The fraction of sp³-hybridized carbons (Fsp3) is 0.900. The number of carboxylic acid groups (broad SMARTS) is 1. The van der Waals surface area contributed by atoms with Crippen molar-refractivity contribution in [3.63, 3.8) is 0 Å². The van der Waals surface area contributed by atoms with Crippen LogP contribution >= 0.6 is 0 Å². The second-order valence-corrected chi connectivity index (χ2v) is 4.48. The third-order valence-electron chi connectivity index (χ3n) is 3.53. The lowest BCUT2D eigenvalue weighted by atomic mass is 9.91. The molecule has 1 aliphatic heterocycles. The highest BCUT2D eigenvalue weighted by Crippen LogP contribution is 2.47. The summed E-state index contributed by atoms with van der Waals surface area (Å²) in [5.41, 5.74) is 0. The summed E-state index contributed by atoms with van der Waals surface area (Å²) in [7, 11) is 2.14. The highest BCUT2D eigenvalue weighted by atomic mass is 16.4. The second-order valence-electron chi connectivity index (χ2n) is 4.48. The molecular formula is C10H17NO2. The first-order valence-electron chi connectivity index (χ1n) is 5.10. The van der Waals surface area contributed by atoms with Crippen molar-refractivity contribution in [2.24, 2.45) is 17.8 Å². The number of carboxylic acids is 1. The van der Waals surface area contributed by atoms with Gasteiger partial charge in [-0.25, -0.2) is 0 Å². The maximum atomic E-state index is 10.7. The van der Waals surface area contributed by atoms with Crippen molar-refractivity contribution in [2.75, 3.05) is 20.1 Å². The van der Waals surface area contributed by atoms with Crippen molar-refractivity contribution < 1.29 is 9.90 Å². The van der Waals surface area contributed by atoms with Crippen LogP contribution in [0.4, 0.5) is 0 Å². The number of carbonyl (C=O) groups is 1. The van der Waals surface area contributed by atoms with Gasteiger partial charge in [-0.05, 0) is 51.2 Å². The molecule has 0 aromatic rings. The molecule has 74 valence electrons. The van der Waals surface area contributed by atoms with E-state index in [0.717, 1.165) is 19.5 Å². The Morgan fingerprint density at radius 2 is 2.00 bits per heavy atom. The second kappa shape index (κ2) is 3.29. The Kier molecular flexibility index (Phi) is 2.28. The molecule has 2 aliphatic rings. The van der Waals surface area contributed by atoms with Gasteiger partial charge in [0.15, 0.2) is 0 Å². The number of piperidine rings is 1. The van der Waals surface area contributed by atoms with Crippen molar-refractivity contribution in [3.8, 4) is 0 Å². The van der Waals surface area contributed by atoms with E-state index in [9.17, 15) is 4.79 Å². The molecule has 0 amide bonds. The predicted molar refractivity (Wildman–Crippen MR) is 49.5 cm³/mol. The van der Waals surface area contributed by atoms with Crippen LogP contribution in [0.2, 0.25) is 0 Å². The van der Waals surface area contributed by atoms with E-state index in [1.807, 2.05) is 0 Å². The van der Waals surface area contributed by atoms with E-state index in [-0.39, 0.29) is 5.92 Å². The average molecular weight is 183 g/mol. The lowest BCUT2D eigenvalue weighted by molar-refractivity contribution is -0.139. The third-order valence-corrected chi connectivity index (χ3v) is 3.53. The molecule has 0 aromatic heterocycles. The summed E-state index contributed by atoms with van der Waals surface area (Å²) in [5.74, 6) is 0.612. The van der Waals surface area contributed by atoms with Crippen molar-refractivity contribution in [2.45, 2.75) is 19.3 Å². The summed E-state index contributed by atoms with van der Waals surface area (Å²) in [6.45, 7) is 2.29. The number of hydrogen-bond acceptors (Lipinski definition) is 2. The van der Waals surface area contributed by atoms with Gasteiger partial charge in [-0.15, -0.1) is 0 Å². The van der Waals surface area contributed by atoms with Crippen LogP contribution in [0.25, 0.3) is 0 Å². The first-order chi connectivity index (χ1) is 6.18. The molecule has 0 radical (unpaired) electrons. The van der Waals surface area contributed by atoms with Crippen LogP contribution in [-0.2, 0) is 4.79 Å². The van der Waals surface area contributed by atoms with Crippen molar-refractivity contribution >= 4 is 5.97 Å². The van der Waals surface area contributed by atoms with Crippen molar-refractivity contribution in [1.82, 2.24) is 4.90 Å². The predicted octanol–water partition coefficient (Wildman–Crippen LogP) is 1.05. The Morgan fingerprint density at radius 1 is 1.38 bits per heavy atom. The summed E-state index contributed by atoms with van der Waals surface area (Å²) < 4.78 is 0. The number of nitrogens with zero attached hydrogens (tertiary/aromatic N) is 1. The van der Waals surface area contributed by atoms with Crippen LogP contribution in [-0.4, -0.2) is 36.1 Å². The maximum Gasteiger partial charge on any atom is 0.306 e. The molecule has 3 heteroatoms. The molecule has 0 bridgehead atoms. The SMILES string of the molecule is CN1CCC([C@H]2C[C@@H]2C(=O)O)CC1. The van der Waals surface area contributed by atoms with Crippen LogP contribution in [0.3, 0.4) is 0 Å². The smallest absolute Gasteiger partial charge is 0.306 e. The lowest BCUT2D eigenvalue weighted by Gasteiger charge is -2.28. The van der Waals surface area contributed by atoms with Crippen molar-refractivity contribution in [1.29, 1.82) is 0 Å². The minimum atomic E-state index is -0.580. The Bertz CT molecular complexity index is 209. The van der Waals surface area contributed by atoms with E-state index in [4.69, 9.17) is 5.11 Å². The van der Waals surface area contributed by atoms with Gasteiger partial charge in [-0.3, -0.25) is 4.79 Å². The molecule has 2 rings (SSSR count). The van der Waals surface area contributed by atoms with Gasteiger partial charge in [0.1, 0.15) is 0 Å². The van der Waals surface area contributed by atoms with Crippen LogP contribution in [0.1, 0.15) is 19.3 Å². The molecule has 1 N–H and O–H groups in total. The molecule has 2 atom stereocenters. The molecule has 2 fully saturated rings. The fourth-order valence-corrected chi connectivity index (χ4v) is 2.48. The first kappa shape index (κ1) is 9.00. The molecular weight excluding hydrogens is 166 g/mol. The van der Waals surface area contributed by atoms with Gasteiger partial charge in [-0.2, -0.15) is 0 Å². The van der Waals surface area contributed by atoms with E-state index >= 15 is 0 Å². The molecule has 3 nitrogen and oxygen atoms in total. The minimum Gasteiger partial charge on any atom is -0.481 e. The molecule has 13 heavy (non-hydrogen) atoms. The number of likely N-dealkylation sites (tertiary alicyclic amines) is 1. The zero-order valence-electron chi connectivity index (χ0n) is 8.07. The average Bonchev–Trinajstić information content (AvgIpc) is 2.85. The van der Waals surface area contributed by atoms with E-state index in [2.05, 4.69) is 11.9 Å². The normalized spacial score (nSPS) is 36.1. The lowest BCUT2D eigenvalue weighted by Crippen LogP contribution is -2.31. The molecule has 0 unspecified atom stereocenters.